The molecular weight excluding hydrogens is 253 g/mol. The SMILES string of the molecule is Cc1cc(C(=O)N(C)CCCCCCl)ccc1F. The number of alkyl halides is 1. The zero-order valence-electron chi connectivity index (χ0n) is 10.9. The fraction of sp³-hybridized carbons (Fsp3) is 0.500. The van der Waals surface area contributed by atoms with Crippen LogP contribution < -0.4 is 0 Å². The molecule has 0 radical (unpaired) electrons. The van der Waals surface area contributed by atoms with E-state index in [0.717, 1.165) is 19.3 Å². The molecule has 100 valence electrons. The van der Waals surface area contributed by atoms with E-state index in [1.165, 1.54) is 12.1 Å². The van der Waals surface area contributed by atoms with Crippen molar-refractivity contribution >= 4 is 17.5 Å². The summed E-state index contributed by atoms with van der Waals surface area (Å²) in [7, 11) is 1.77. The Hall–Kier alpha value is -1.09. The number of hydrogen-bond donors (Lipinski definition) is 0. The summed E-state index contributed by atoms with van der Waals surface area (Å²) in [5, 5.41) is 0. The lowest BCUT2D eigenvalue weighted by Crippen LogP contribution is -2.27. The summed E-state index contributed by atoms with van der Waals surface area (Å²) in [6.07, 6.45) is 2.93. The quantitative estimate of drug-likeness (QED) is 0.572. The number of halogens is 2. The lowest BCUT2D eigenvalue weighted by atomic mass is 10.1. The van der Waals surface area contributed by atoms with Crippen molar-refractivity contribution in [1.82, 2.24) is 4.90 Å². The zero-order valence-corrected chi connectivity index (χ0v) is 11.6. The predicted octanol–water partition coefficient (Wildman–Crippen LogP) is 3.62. The molecule has 0 saturated carbocycles. The second-order valence-corrected chi connectivity index (χ2v) is 4.82. The van der Waals surface area contributed by atoms with Gasteiger partial charge in [0, 0.05) is 25.0 Å². The van der Waals surface area contributed by atoms with Gasteiger partial charge in [-0.05, 0) is 43.5 Å². The molecule has 1 rings (SSSR count). The van der Waals surface area contributed by atoms with Crippen LogP contribution in [0.1, 0.15) is 35.2 Å². The molecular formula is C14H19ClFNO. The molecule has 0 aliphatic carbocycles. The number of hydrogen-bond acceptors (Lipinski definition) is 1. The molecule has 0 aliphatic rings. The lowest BCUT2D eigenvalue weighted by molar-refractivity contribution is 0.0792. The first kappa shape index (κ1) is 15.0. The highest BCUT2D eigenvalue weighted by Crippen LogP contribution is 2.11. The predicted molar refractivity (Wildman–Crippen MR) is 72.7 cm³/mol. The van der Waals surface area contributed by atoms with Crippen LogP contribution in [0.15, 0.2) is 18.2 Å². The van der Waals surface area contributed by atoms with Crippen LogP contribution in [0.2, 0.25) is 0 Å². The number of amides is 1. The van der Waals surface area contributed by atoms with Gasteiger partial charge in [-0.25, -0.2) is 4.39 Å². The molecule has 1 aromatic carbocycles. The summed E-state index contributed by atoms with van der Waals surface area (Å²) in [6.45, 7) is 2.36. The molecule has 18 heavy (non-hydrogen) atoms. The summed E-state index contributed by atoms with van der Waals surface area (Å²) in [5.41, 5.74) is 1.03. The van der Waals surface area contributed by atoms with Crippen LogP contribution in [0.3, 0.4) is 0 Å². The third-order valence-electron chi connectivity index (χ3n) is 2.88. The molecule has 4 heteroatoms. The second-order valence-electron chi connectivity index (χ2n) is 4.44. The summed E-state index contributed by atoms with van der Waals surface area (Å²) in [6, 6.07) is 4.46. The molecule has 0 heterocycles. The number of aryl methyl sites for hydroxylation is 1. The van der Waals surface area contributed by atoms with Crippen molar-refractivity contribution in [1.29, 1.82) is 0 Å². The van der Waals surface area contributed by atoms with E-state index in [1.807, 2.05) is 0 Å². The van der Waals surface area contributed by atoms with Gasteiger partial charge in [0.25, 0.3) is 5.91 Å². The number of carbonyl (C=O) groups excluding carboxylic acids is 1. The minimum atomic E-state index is -0.281. The van der Waals surface area contributed by atoms with Crippen LogP contribution in [0.4, 0.5) is 4.39 Å². The Bertz CT molecular complexity index is 409. The maximum atomic E-state index is 13.1. The smallest absolute Gasteiger partial charge is 0.253 e. The van der Waals surface area contributed by atoms with E-state index in [-0.39, 0.29) is 11.7 Å². The van der Waals surface area contributed by atoms with E-state index in [4.69, 9.17) is 11.6 Å². The van der Waals surface area contributed by atoms with Crippen molar-refractivity contribution in [2.45, 2.75) is 26.2 Å². The summed E-state index contributed by atoms with van der Waals surface area (Å²) in [5.74, 6) is 0.315. The Morgan fingerprint density at radius 3 is 2.67 bits per heavy atom. The van der Waals surface area contributed by atoms with Crippen LogP contribution in [0, 0.1) is 12.7 Å². The van der Waals surface area contributed by atoms with Gasteiger partial charge in [0.05, 0.1) is 0 Å². The first-order valence-corrected chi connectivity index (χ1v) is 6.67. The highest BCUT2D eigenvalue weighted by atomic mass is 35.5. The minimum Gasteiger partial charge on any atom is -0.342 e. The third kappa shape index (κ3) is 4.30. The van der Waals surface area contributed by atoms with Gasteiger partial charge in [-0.1, -0.05) is 6.42 Å². The molecule has 1 amide bonds. The van der Waals surface area contributed by atoms with Gasteiger partial charge in [-0.3, -0.25) is 4.79 Å². The van der Waals surface area contributed by atoms with Crippen LogP contribution in [0.5, 0.6) is 0 Å². The van der Waals surface area contributed by atoms with Crippen LogP contribution >= 0.6 is 11.6 Å². The number of benzene rings is 1. The van der Waals surface area contributed by atoms with E-state index < -0.39 is 0 Å². The Balaban J connectivity index is 2.54. The van der Waals surface area contributed by atoms with Crippen LogP contribution in [-0.4, -0.2) is 30.3 Å². The monoisotopic (exact) mass is 271 g/mol. The Morgan fingerprint density at radius 2 is 2.06 bits per heavy atom. The van der Waals surface area contributed by atoms with Crippen LogP contribution in [0.25, 0.3) is 0 Å². The molecule has 0 spiro atoms. The molecule has 0 atom stereocenters. The van der Waals surface area contributed by atoms with E-state index in [1.54, 1.807) is 24.9 Å². The molecule has 0 unspecified atom stereocenters. The van der Waals surface area contributed by atoms with Crippen molar-refractivity contribution in [3.05, 3.63) is 35.1 Å². The second kappa shape index (κ2) is 7.37. The summed E-state index contributed by atoms with van der Waals surface area (Å²) < 4.78 is 13.1. The largest absolute Gasteiger partial charge is 0.342 e. The number of carbonyl (C=O) groups is 1. The van der Waals surface area contributed by atoms with Crippen molar-refractivity contribution < 1.29 is 9.18 Å². The lowest BCUT2D eigenvalue weighted by Gasteiger charge is -2.17. The third-order valence-corrected chi connectivity index (χ3v) is 3.15. The highest BCUT2D eigenvalue weighted by molar-refractivity contribution is 6.17. The molecule has 0 saturated heterocycles. The first-order valence-electron chi connectivity index (χ1n) is 6.14. The van der Waals surface area contributed by atoms with Gasteiger partial charge in [-0.2, -0.15) is 0 Å². The standard InChI is InChI=1S/C14H19ClFNO/c1-11-10-12(6-7-13(11)16)14(18)17(2)9-5-3-4-8-15/h6-7,10H,3-5,8-9H2,1-2H3. The van der Waals surface area contributed by atoms with E-state index in [9.17, 15) is 9.18 Å². The summed E-state index contributed by atoms with van der Waals surface area (Å²) in [4.78, 5) is 13.7. The molecule has 0 aromatic heterocycles. The van der Waals surface area contributed by atoms with Crippen molar-refractivity contribution in [2.24, 2.45) is 0 Å². The van der Waals surface area contributed by atoms with Crippen LogP contribution in [-0.2, 0) is 0 Å². The normalized spacial score (nSPS) is 10.4. The molecule has 0 N–H and O–H groups in total. The molecule has 0 bridgehead atoms. The molecule has 0 fully saturated rings. The fourth-order valence-corrected chi connectivity index (χ4v) is 1.91. The average molecular weight is 272 g/mol. The molecule has 2 nitrogen and oxygen atoms in total. The van der Waals surface area contributed by atoms with Gasteiger partial charge in [0.2, 0.25) is 0 Å². The topological polar surface area (TPSA) is 20.3 Å². The Kier molecular flexibility index (Phi) is 6.13. The number of nitrogens with zero attached hydrogens (tertiary/aromatic N) is 1. The zero-order chi connectivity index (χ0) is 13.5. The number of rotatable bonds is 6. The Labute approximate surface area is 113 Å². The minimum absolute atomic E-state index is 0.0658. The first-order chi connectivity index (χ1) is 8.56. The maximum Gasteiger partial charge on any atom is 0.253 e. The van der Waals surface area contributed by atoms with Crippen molar-refractivity contribution in [2.75, 3.05) is 19.5 Å². The fourth-order valence-electron chi connectivity index (χ4n) is 1.72. The van der Waals surface area contributed by atoms with Crippen molar-refractivity contribution in [3.8, 4) is 0 Å². The summed E-state index contributed by atoms with van der Waals surface area (Å²) >= 11 is 5.59. The van der Waals surface area contributed by atoms with Gasteiger partial charge in [-0.15, -0.1) is 11.6 Å². The van der Waals surface area contributed by atoms with Crippen molar-refractivity contribution in [3.63, 3.8) is 0 Å². The number of unbranched alkanes of at least 4 members (excludes halogenated alkanes) is 2. The van der Waals surface area contributed by atoms with Gasteiger partial charge in [0.15, 0.2) is 0 Å². The molecule has 0 aliphatic heterocycles. The maximum absolute atomic E-state index is 13.1. The van der Waals surface area contributed by atoms with Gasteiger partial charge < -0.3 is 4.90 Å². The Morgan fingerprint density at radius 1 is 1.33 bits per heavy atom. The van der Waals surface area contributed by atoms with E-state index in [2.05, 4.69) is 0 Å². The van der Waals surface area contributed by atoms with E-state index in [0.29, 0.717) is 23.6 Å². The van der Waals surface area contributed by atoms with Gasteiger partial charge in [0.1, 0.15) is 5.82 Å². The molecule has 1 aromatic rings. The van der Waals surface area contributed by atoms with E-state index >= 15 is 0 Å². The highest BCUT2D eigenvalue weighted by Gasteiger charge is 2.12. The average Bonchev–Trinajstić information content (AvgIpc) is 2.37. The van der Waals surface area contributed by atoms with Gasteiger partial charge >= 0.3 is 0 Å².